The Hall–Kier alpha value is 0.0969. The van der Waals surface area contributed by atoms with Crippen LogP contribution in [0.1, 0.15) is 92.4 Å². The smallest absolute Gasteiger partial charge is 0.192 e. The molecule has 8 atom stereocenters. The SMILES string of the molecule is CC(C)(C)[Si](C)(C)O[C@H]1CC[C@@]2(C)[C@H](CC[C@@H]3[C@@H]2CC[C@]2(C)[C@]4(CC[C@]32O)CO4)C1. The fourth-order valence-corrected chi connectivity index (χ4v) is 9.93. The Labute approximate surface area is 185 Å². The van der Waals surface area contributed by atoms with Crippen molar-refractivity contribution in [2.75, 3.05) is 6.61 Å². The number of aliphatic hydroxyl groups is 1. The van der Waals surface area contributed by atoms with E-state index in [1.165, 1.54) is 38.5 Å². The Balaban J connectivity index is 1.34. The predicted octanol–water partition coefficient (Wildman–Crippen LogP) is 6.30. The van der Waals surface area contributed by atoms with E-state index in [1.54, 1.807) is 0 Å². The van der Waals surface area contributed by atoms with E-state index in [1.807, 2.05) is 0 Å². The van der Waals surface area contributed by atoms with E-state index in [0.29, 0.717) is 23.4 Å². The highest BCUT2D eigenvalue weighted by molar-refractivity contribution is 6.74. The van der Waals surface area contributed by atoms with Gasteiger partial charge in [-0.05, 0) is 99.1 Å². The molecule has 30 heavy (non-hydrogen) atoms. The van der Waals surface area contributed by atoms with Crippen LogP contribution in [0.2, 0.25) is 18.1 Å². The van der Waals surface area contributed by atoms with Crippen LogP contribution in [0.5, 0.6) is 0 Å². The fourth-order valence-electron chi connectivity index (χ4n) is 8.53. The Morgan fingerprint density at radius 1 is 0.933 bits per heavy atom. The van der Waals surface area contributed by atoms with Crippen LogP contribution < -0.4 is 0 Å². The van der Waals surface area contributed by atoms with Gasteiger partial charge in [-0.1, -0.05) is 34.6 Å². The second-order valence-corrected chi connectivity index (χ2v) is 18.6. The quantitative estimate of drug-likeness (QED) is 0.409. The molecule has 1 heterocycles. The molecule has 5 aliphatic rings. The number of epoxide rings is 1. The van der Waals surface area contributed by atoms with Gasteiger partial charge in [0, 0.05) is 11.5 Å². The van der Waals surface area contributed by atoms with Gasteiger partial charge in [0.05, 0.1) is 17.8 Å². The summed E-state index contributed by atoms with van der Waals surface area (Å²) in [4.78, 5) is 0. The molecule has 5 rings (SSSR count). The van der Waals surface area contributed by atoms with Crippen LogP contribution in [0.25, 0.3) is 0 Å². The molecule has 1 aliphatic heterocycles. The van der Waals surface area contributed by atoms with Crippen molar-refractivity contribution < 1.29 is 14.3 Å². The third-order valence-corrected chi connectivity index (χ3v) is 16.4. The lowest BCUT2D eigenvalue weighted by atomic mass is 9.43. The maximum absolute atomic E-state index is 12.1. The molecule has 1 N–H and O–H groups in total. The lowest BCUT2D eigenvalue weighted by molar-refractivity contribution is -0.211. The average Bonchev–Trinajstić information content (AvgIpc) is 3.40. The van der Waals surface area contributed by atoms with E-state index in [-0.39, 0.29) is 16.1 Å². The second kappa shape index (κ2) is 6.36. The first-order valence-corrected chi connectivity index (χ1v) is 15.7. The minimum atomic E-state index is -1.71. The van der Waals surface area contributed by atoms with E-state index in [4.69, 9.17) is 9.16 Å². The van der Waals surface area contributed by atoms with Crippen molar-refractivity contribution >= 4 is 8.32 Å². The highest BCUT2D eigenvalue weighted by Gasteiger charge is 2.76. The molecule has 0 bridgehead atoms. The Kier molecular flexibility index (Phi) is 4.65. The third-order valence-electron chi connectivity index (χ3n) is 11.8. The van der Waals surface area contributed by atoms with Crippen molar-refractivity contribution in [3.8, 4) is 0 Å². The molecule has 5 fully saturated rings. The Morgan fingerprint density at radius 3 is 2.27 bits per heavy atom. The van der Waals surface area contributed by atoms with Gasteiger partial charge in [-0.2, -0.15) is 0 Å². The summed E-state index contributed by atoms with van der Waals surface area (Å²) < 4.78 is 12.9. The minimum Gasteiger partial charge on any atom is -0.414 e. The summed E-state index contributed by atoms with van der Waals surface area (Å²) in [5.41, 5.74) is -0.130. The monoisotopic (exact) mass is 434 g/mol. The van der Waals surface area contributed by atoms with Gasteiger partial charge < -0.3 is 14.3 Å². The summed E-state index contributed by atoms with van der Waals surface area (Å²) in [6.45, 7) is 17.7. The summed E-state index contributed by atoms with van der Waals surface area (Å²) in [6.07, 6.45) is 11.2. The summed E-state index contributed by atoms with van der Waals surface area (Å²) >= 11 is 0. The summed E-state index contributed by atoms with van der Waals surface area (Å²) in [5.74, 6) is 1.92. The first kappa shape index (κ1) is 21.9. The molecule has 172 valence electrons. The Bertz CT molecular complexity index is 710. The summed E-state index contributed by atoms with van der Waals surface area (Å²) in [6, 6.07) is 0. The molecule has 4 heteroatoms. The lowest BCUT2D eigenvalue weighted by Crippen LogP contribution is -2.63. The van der Waals surface area contributed by atoms with Gasteiger partial charge in [-0.15, -0.1) is 0 Å². The predicted molar refractivity (Wildman–Crippen MR) is 124 cm³/mol. The maximum atomic E-state index is 12.1. The largest absolute Gasteiger partial charge is 0.414 e. The van der Waals surface area contributed by atoms with Crippen molar-refractivity contribution in [3.05, 3.63) is 0 Å². The lowest BCUT2D eigenvalue weighted by Gasteiger charge is -2.63. The molecule has 3 nitrogen and oxygen atoms in total. The Morgan fingerprint density at radius 2 is 1.63 bits per heavy atom. The van der Waals surface area contributed by atoms with Crippen molar-refractivity contribution in [2.45, 2.75) is 128 Å². The standard InChI is InChI=1S/C26H46O3Si/c1-22(2,3)30(6,7)29-19-10-12-23(4)18(16-19)8-9-21-20(23)11-13-24(5)25(17-28-25)14-15-26(21,24)27/h18-21,27H,8-17H2,1-7H3/t18-,19+,20+,21-,23+,24-,25+,26+/m1/s1. The number of rotatable bonds is 2. The zero-order valence-corrected chi connectivity index (χ0v) is 21.6. The zero-order chi connectivity index (χ0) is 21.8. The summed E-state index contributed by atoms with van der Waals surface area (Å²) in [5, 5.41) is 12.4. The van der Waals surface area contributed by atoms with E-state index in [9.17, 15) is 5.11 Å². The van der Waals surface area contributed by atoms with Crippen LogP contribution in [0, 0.1) is 28.6 Å². The second-order valence-electron chi connectivity index (χ2n) is 13.8. The molecule has 0 unspecified atom stereocenters. The van der Waals surface area contributed by atoms with E-state index in [0.717, 1.165) is 31.8 Å². The average molecular weight is 435 g/mol. The van der Waals surface area contributed by atoms with Crippen molar-refractivity contribution in [2.24, 2.45) is 28.6 Å². The van der Waals surface area contributed by atoms with Crippen molar-refractivity contribution in [1.29, 1.82) is 0 Å². The fraction of sp³-hybridized carbons (Fsp3) is 1.00. The first-order valence-electron chi connectivity index (χ1n) is 12.8. The van der Waals surface area contributed by atoms with Gasteiger partial charge in [0.25, 0.3) is 0 Å². The molecule has 0 aromatic rings. The highest BCUT2D eigenvalue weighted by Crippen LogP contribution is 2.72. The molecule has 0 amide bonds. The topological polar surface area (TPSA) is 42.0 Å². The van der Waals surface area contributed by atoms with Crippen molar-refractivity contribution in [1.82, 2.24) is 0 Å². The van der Waals surface area contributed by atoms with Gasteiger partial charge >= 0.3 is 0 Å². The van der Waals surface area contributed by atoms with Gasteiger partial charge in [0.1, 0.15) is 0 Å². The van der Waals surface area contributed by atoms with E-state index in [2.05, 4.69) is 47.7 Å². The number of hydrogen-bond acceptors (Lipinski definition) is 3. The third kappa shape index (κ3) is 2.72. The molecule has 4 aliphatic carbocycles. The molecule has 1 saturated heterocycles. The van der Waals surface area contributed by atoms with E-state index < -0.39 is 13.9 Å². The van der Waals surface area contributed by atoms with Crippen LogP contribution in [-0.2, 0) is 9.16 Å². The highest BCUT2D eigenvalue weighted by atomic mass is 28.4. The van der Waals surface area contributed by atoms with Crippen LogP contribution in [0.15, 0.2) is 0 Å². The van der Waals surface area contributed by atoms with Crippen LogP contribution >= 0.6 is 0 Å². The molecular formula is C26H46O3Si. The van der Waals surface area contributed by atoms with Crippen LogP contribution in [-0.4, -0.2) is 37.3 Å². The van der Waals surface area contributed by atoms with Gasteiger partial charge in [0.2, 0.25) is 0 Å². The first-order chi connectivity index (χ1) is 13.8. The number of hydrogen-bond donors (Lipinski definition) is 1. The number of fused-ring (bicyclic) bond motifs is 6. The molecule has 0 aromatic carbocycles. The number of ether oxygens (including phenoxy) is 1. The van der Waals surface area contributed by atoms with Crippen LogP contribution in [0.3, 0.4) is 0 Å². The molecule has 1 spiro atoms. The normalized spacial score (nSPS) is 53.2. The van der Waals surface area contributed by atoms with Gasteiger partial charge in [0.15, 0.2) is 8.32 Å². The van der Waals surface area contributed by atoms with Gasteiger partial charge in [-0.25, -0.2) is 0 Å². The van der Waals surface area contributed by atoms with Crippen LogP contribution in [0.4, 0.5) is 0 Å². The minimum absolute atomic E-state index is 0.0130. The molecular weight excluding hydrogens is 388 g/mol. The molecule has 0 aromatic heterocycles. The van der Waals surface area contributed by atoms with E-state index >= 15 is 0 Å². The zero-order valence-electron chi connectivity index (χ0n) is 20.6. The molecule has 4 saturated carbocycles. The maximum Gasteiger partial charge on any atom is 0.192 e. The van der Waals surface area contributed by atoms with Crippen molar-refractivity contribution in [3.63, 3.8) is 0 Å². The van der Waals surface area contributed by atoms with Gasteiger partial charge in [-0.3, -0.25) is 0 Å². The summed E-state index contributed by atoms with van der Waals surface area (Å²) in [7, 11) is -1.71. The molecule has 0 radical (unpaired) electrons.